The van der Waals surface area contributed by atoms with Crippen LogP contribution in [0.4, 0.5) is 5.69 Å². The summed E-state index contributed by atoms with van der Waals surface area (Å²) in [6, 6.07) is 5.30. The predicted octanol–water partition coefficient (Wildman–Crippen LogP) is 5.18. The average Bonchev–Trinajstić information content (AvgIpc) is 2.99. The van der Waals surface area contributed by atoms with E-state index in [0.717, 1.165) is 21.1 Å². The molecule has 0 unspecified atom stereocenters. The molecule has 2 heterocycles. The van der Waals surface area contributed by atoms with Crippen LogP contribution >= 0.6 is 23.1 Å². The van der Waals surface area contributed by atoms with Gasteiger partial charge < -0.3 is 14.8 Å². The summed E-state index contributed by atoms with van der Waals surface area (Å²) in [6.45, 7) is 8.32. The van der Waals surface area contributed by atoms with E-state index >= 15 is 0 Å². The summed E-state index contributed by atoms with van der Waals surface area (Å²) in [4.78, 5) is 24.3. The monoisotopic (exact) mass is 431 g/mol. The topological polar surface area (TPSA) is 73.3 Å². The number of anilines is 1. The van der Waals surface area contributed by atoms with Crippen molar-refractivity contribution in [1.29, 1.82) is 0 Å². The lowest BCUT2D eigenvalue weighted by molar-refractivity contribution is -0.113. The number of rotatable bonds is 7. The minimum Gasteiger partial charge on any atom is -0.497 e. The highest BCUT2D eigenvalue weighted by atomic mass is 32.2. The smallest absolute Gasteiger partial charge is 0.234 e. The van der Waals surface area contributed by atoms with Gasteiger partial charge in [0.2, 0.25) is 5.91 Å². The normalized spacial score (nSPS) is 11.1. The van der Waals surface area contributed by atoms with Crippen LogP contribution in [-0.4, -0.2) is 35.8 Å². The van der Waals surface area contributed by atoms with Gasteiger partial charge >= 0.3 is 0 Å². The van der Waals surface area contributed by atoms with Crippen LogP contribution in [0.1, 0.15) is 36.0 Å². The van der Waals surface area contributed by atoms with Gasteiger partial charge in [0.25, 0.3) is 0 Å². The first-order valence-electron chi connectivity index (χ1n) is 9.26. The van der Waals surface area contributed by atoms with Crippen LogP contribution in [0.3, 0.4) is 0 Å². The summed E-state index contributed by atoms with van der Waals surface area (Å²) in [5, 5.41) is 4.81. The number of fused-ring (bicyclic) bond motifs is 1. The average molecular weight is 432 g/mol. The summed E-state index contributed by atoms with van der Waals surface area (Å²) >= 11 is 3.11. The number of amides is 1. The van der Waals surface area contributed by atoms with E-state index in [1.54, 1.807) is 43.8 Å². The van der Waals surface area contributed by atoms with Crippen LogP contribution in [0.15, 0.2) is 23.2 Å². The lowest BCUT2D eigenvalue weighted by Gasteiger charge is -2.12. The predicted molar refractivity (Wildman–Crippen MR) is 120 cm³/mol. The first-order chi connectivity index (χ1) is 13.8. The molecule has 0 saturated heterocycles. The molecule has 0 radical (unpaired) electrons. The number of carbonyl (C=O) groups is 1. The van der Waals surface area contributed by atoms with Crippen molar-refractivity contribution in [2.24, 2.45) is 0 Å². The molecule has 0 aliphatic heterocycles. The molecule has 6 nitrogen and oxygen atoms in total. The van der Waals surface area contributed by atoms with Crippen molar-refractivity contribution in [3.05, 3.63) is 34.5 Å². The van der Waals surface area contributed by atoms with Crippen molar-refractivity contribution < 1.29 is 14.3 Å². The minimum atomic E-state index is -0.135. The van der Waals surface area contributed by atoms with E-state index < -0.39 is 0 Å². The first-order valence-corrected chi connectivity index (χ1v) is 11.1. The summed E-state index contributed by atoms with van der Waals surface area (Å²) in [5.74, 6) is 2.35. The maximum Gasteiger partial charge on any atom is 0.234 e. The molecule has 1 aromatic carbocycles. The maximum absolute atomic E-state index is 12.6. The summed E-state index contributed by atoms with van der Waals surface area (Å²) in [7, 11) is 3.15. The number of hydrogen-bond donors (Lipinski definition) is 1. The third-order valence-electron chi connectivity index (χ3n) is 4.55. The Hall–Kier alpha value is -2.32. The number of hydrogen-bond acceptors (Lipinski definition) is 7. The highest BCUT2D eigenvalue weighted by Crippen LogP contribution is 2.36. The van der Waals surface area contributed by atoms with Crippen LogP contribution in [0.2, 0.25) is 0 Å². The number of methoxy groups -OCH3 is 2. The molecule has 1 amide bonds. The van der Waals surface area contributed by atoms with Crippen molar-refractivity contribution in [3.8, 4) is 11.5 Å². The fourth-order valence-corrected chi connectivity index (χ4v) is 4.82. The Kier molecular flexibility index (Phi) is 6.64. The van der Waals surface area contributed by atoms with Crippen LogP contribution < -0.4 is 14.8 Å². The van der Waals surface area contributed by atoms with Crippen LogP contribution in [0.25, 0.3) is 10.2 Å². The number of thioether (sulfide) groups is 1. The molecule has 1 N–H and O–H groups in total. The van der Waals surface area contributed by atoms with E-state index in [1.807, 2.05) is 0 Å². The molecular formula is C21H25N3O3S2. The number of nitrogens with zero attached hydrogens (tertiary/aromatic N) is 2. The molecule has 3 rings (SSSR count). The number of aromatic nitrogens is 2. The molecule has 2 aromatic heterocycles. The van der Waals surface area contributed by atoms with Gasteiger partial charge in [0.15, 0.2) is 0 Å². The molecule has 29 heavy (non-hydrogen) atoms. The molecule has 3 aromatic rings. The Bertz CT molecular complexity index is 1050. The second-order valence-corrected chi connectivity index (χ2v) is 9.08. The van der Waals surface area contributed by atoms with Gasteiger partial charge in [-0.05, 0) is 31.5 Å². The number of benzene rings is 1. The number of carbonyl (C=O) groups excluding carboxylic acids is 1. The van der Waals surface area contributed by atoms with Crippen molar-refractivity contribution >= 4 is 44.9 Å². The van der Waals surface area contributed by atoms with Gasteiger partial charge in [-0.3, -0.25) is 4.79 Å². The molecule has 0 fully saturated rings. The number of thiophene rings is 1. The minimum absolute atomic E-state index is 0.135. The van der Waals surface area contributed by atoms with Gasteiger partial charge in [-0.2, -0.15) is 0 Å². The van der Waals surface area contributed by atoms with Crippen molar-refractivity contribution in [2.75, 3.05) is 25.3 Å². The lowest BCUT2D eigenvalue weighted by Crippen LogP contribution is -2.15. The van der Waals surface area contributed by atoms with Gasteiger partial charge in [-0.15, -0.1) is 11.3 Å². The van der Waals surface area contributed by atoms with E-state index in [0.29, 0.717) is 17.2 Å². The van der Waals surface area contributed by atoms with Crippen LogP contribution in [0, 0.1) is 13.8 Å². The second-order valence-electron chi connectivity index (χ2n) is 6.91. The lowest BCUT2D eigenvalue weighted by atomic mass is 10.2. The largest absolute Gasteiger partial charge is 0.497 e. The number of nitrogens with one attached hydrogen (secondary N) is 1. The molecule has 0 aliphatic carbocycles. The van der Waals surface area contributed by atoms with E-state index in [1.165, 1.54) is 22.2 Å². The second kappa shape index (κ2) is 9.00. The van der Waals surface area contributed by atoms with E-state index in [4.69, 9.17) is 19.4 Å². The molecule has 0 spiro atoms. The Labute approximate surface area is 179 Å². The quantitative estimate of drug-likeness (QED) is 0.410. The Morgan fingerprint density at radius 2 is 1.97 bits per heavy atom. The van der Waals surface area contributed by atoms with E-state index in [-0.39, 0.29) is 17.6 Å². The number of aryl methyl sites for hydroxylation is 2. The zero-order valence-electron chi connectivity index (χ0n) is 17.5. The summed E-state index contributed by atoms with van der Waals surface area (Å²) in [5.41, 5.74) is 1.76. The standard InChI is InChI=1S/C21H25N3O3S2/c1-11(2)19-23-20(18-12(3)13(4)29-21(18)24-19)28-10-17(25)22-15-9-14(26-5)7-8-16(15)27-6/h7-9,11H,10H2,1-6H3,(H,22,25). The van der Waals surface area contributed by atoms with Gasteiger partial charge in [0.1, 0.15) is 27.2 Å². The molecule has 154 valence electrons. The van der Waals surface area contributed by atoms with Gasteiger partial charge in [-0.25, -0.2) is 9.97 Å². The number of ether oxygens (including phenoxy) is 2. The van der Waals surface area contributed by atoms with Gasteiger partial charge in [-0.1, -0.05) is 25.6 Å². The summed E-state index contributed by atoms with van der Waals surface area (Å²) < 4.78 is 10.6. The summed E-state index contributed by atoms with van der Waals surface area (Å²) in [6.07, 6.45) is 0. The maximum atomic E-state index is 12.6. The zero-order chi connectivity index (χ0) is 21.1. The van der Waals surface area contributed by atoms with Gasteiger partial charge in [0.05, 0.1) is 25.7 Å². The Balaban J connectivity index is 1.82. The van der Waals surface area contributed by atoms with Crippen molar-refractivity contribution in [2.45, 2.75) is 38.6 Å². The Morgan fingerprint density at radius 3 is 2.62 bits per heavy atom. The molecule has 0 aliphatic rings. The SMILES string of the molecule is COc1ccc(OC)c(NC(=O)CSc2nc(C(C)C)nc3sc(C)c(C)c23)c1. The Morgan fingerprint density at radius 1 is 1.21 bits per heavy atom. The van der Waals surface area contributed by atoms with Gasteiger partial charge in [0, 0.05) is 22.2 Å². The molecule has 0 bridgehead atoms. The molecule has 0 atom stereocenters. The molecular weight excluding hydrogens is 406 g/mol. The highest BCUT2D eigenvalue weighted by molar-refractivity contribution is 8.00. The van der Waals surface area contributed by atoms with Crippen LogP contribution in [-0.2, 0) is 4.79 Å². The van der Waals surface area contributed by atoms with Crippen molar-refractivity contribution in [3.63, 3.8) is 0 Å². The third kappa shape index (κ3) is 4.64. The fourth-order valence-electron chi connectivity index (χ4n) is 2.82. The van der Waals surface area contributed by atoms with Crippen molar-refractivity contribution in [1.82, 2.24) is 9.97 Å². The third-order valence-corrected chi connectivity index (χ3v) is 6.63. The van der Waals surface area contributed by atoms with Crippen LogP contribution in [0.5, 0.6) is 11.5 Å². The molecule has 8 heteroatoms. The highest BCUT2D eigenvalue weighted by Gasteiger charge is 2.18. The molecule has 0 saturated carbocycles. The zero-order valence-corrected chi connectivity index (χ0v) is 19.1. The fraction of sp³-hybridized carbons (Fsp3) is 0.381. The van der Waals surface area contributed by atoms with E-state index in [9.17, 15) is 4.79 Å². The van der Waals surface area contributed by atoms with E-state index in [2.05, 4.69) is 33.0 Å². The first kappa shape index (κ1) is 21.4.